The smallest absolute Gasteiger partial charge is 0.493 e. The summed E-state index contributed by atoms with van der Waals surface area (Å²) < 4.78 is 67.6. The molecule has 1 saturated carbocycles. The number of halogens is 4. The van der Waals surface area contributed by atoms with E-state index < -0.39 is 30.2 Å². The lowest BCUT2D eigenvalue weighted by Gasteiger charge is -2.17. The van der Waals surface area contributed by atoms with Crippen molar-refractivity contribution in [3.05, 3.63) is 83.4 Å². The van der Waals surface area contributed by atoms with Gasteiger partial charge in [-0.3, -0.25) is 4.79 Å². The zero-order valence-corrected chi connectivity index (χ0v) is 22.9. The van der Waals surface area contributed by atoms with Crippen molar-refractivity contribution in [2.75, 3.05) is 6.61 Å². The van der Waals surface area contributed by atoms with Gasteiger partial charge >= 0.3 is 18.9 Å². The standard InChI is InChI=1S/C11H9F2NO3.C10H10F2O2.C7H6O2.C2H6/c12-11(13)16-7-2-1-6(5-8(7)17-11)10(3-4-10)9(14)15;11-10(12)14-8-4-3-7-2-1-5-13-9(7)6-8;8-7(9)6-4-2-1-3-5-6;1-2/h1-2,5H,3-4H2,(H2,14,15);3-4,6,10H,1-2,5H2;1-5H,(H,8,9);1-2H3. The molecule has 8 nitrogen and oxygen atoms in total. The van der Waals surface area contributed by atoms with E-state index in [-0.39, 0.29) is 17.2 Å². The van der Waals surface area contributed by atoms with E-state index in [2.05, 4.69) is 14.2 Å². The maximum atomic E-state index is 12.8. The molecule has 0 unspecified atom stereocenters. The molecule has 2 aliphatic heterocycles. The number of ether oxygens (including phenoxy) is 4. The highest BCUT2D eigenvalue weighted by Crippen LogP contribution is 2.51. The second-order valence-electron chi connectivity index (χ2n) is 9.05. The number of aromatic carboxylic acids is 1. The average Bonchev–Trinajstić information content (AvgIpc) is 3.72. The zero-order chi connectivity index (χ0) is 30.9. The van der Waals surface area contributed by atoms with Crippen molar-refractivity contribution in [3.8, 4) is 23.0 Å². The molecule has 3 aromatic rings. The molecule has 1 fully saturated rings. The third kappa shape index (κ3) is 8.27. The van der Waals surface area contributed by atoms with Crippen molar-refractivity contribution in [1.82, 2.24) is 0 Å². The number of aryl methyl sites for hydroxylation is 1. The molecular formula is C30H31F4NO7. The quantitative estimate of drug-likeness (QED) is 0.322. The Morgan fingerprint density at radius 3 is 2.17 bits per heavy atom. The predicted octanol–water partition coefficient (Wildman–Crippen LogP) is 6.55. The Morgan fingerprint density at radius 2 is 1.60 bits per heavy atom. The number of rotatable bonds is 5. The third-order valence-corrected chi connectivity index (χ3v) is 6.31. The van der Waals surface area contributed by atoms with Gasteiger partial charge in [-0.15, -0.1) is 8.78 Å². The fourth-order valence-electron chi connectivity index (χ4n) is 4.13. The van der Waals surface area contributed by atoms with Crippen LogP contribution < -0.4 is 24.7 Å². The molecule has 226 valence electrons. The van der Waals surface area contributed by atoms with Crippen LogP contribution in [-0.4, -0.2) is 36.5 Å². The van der Waals surface area contributed by atoms with Crippen molar-refractivity contribution in [2.24, 2.45) is 5.73 Å². The van der Waals surface area contributed by atoms with Gasteiger partial charge in [0.1, 0.15) is 11.5 Å². The van der Waals surface area contributed by atoms with Gasteiger partial charge in [-0.2, -0.15) is 8.78 Å². The summed E-state index contributed by atoms with van der Waals surface area (Å²) in [6.45, 7) is 1.86. The highest BCUT2D eigenvalue weighted by molar-refractivity contribution is 5.90. The van der Waals surface area contributed by atoms with E-state index in [0.717, 1.165) is 18.4 Å². The highest BCUT2D eigenvalue weighted by atomic mass is 19.3. The Bertz CT molecular complexity index is 1370. The molecule has 0 bridgehead atoms. The number of carboxylic acid groups (broad SMARTS) is 1. The zero-order valence-electron chi connectivity index (χ0n) is 22.9. The molecule has 6 rings (SSSR count). The molecule has 0 aromatic heterocycles. The second kappa shape index (κ2) is 13.9. The van der Waals surface area contributed by atoms with Crippen molar-refractivity contribution in [3.63, 3.8) is 0 Å². The van der Waals surface area contributed by atoms with Crippen LogP contribution in [0, 0.1) is 0 Å². The minimum absolute atomic E-state index is 0.0287. The largest absolute Gasteiger partial charge is 0.586 e. The first-order valence-corrected chi connectivity index (χ1v) is 13.2. The summed E-state index contributed by atoms with van der Waals surface area (Å²) in [6, 6.07) is 17.5. The minimum atomic E-state index is -3.63. The monoisotopic (exact) mass is 593 g/mol. The van der Waals surface area contributed by atoms with E-state index >= 15 is 0 Å². The van der Waals surface area contributed by atoms with Gasteiger partial charge in [-0.25, -0.2) is 4.79 Å². The van der Waals surface area contributed by atoms with Crippen LogP contribution in [0.4, 0.5) is 17.6 Å². The van der Waals surface area contributed by atoms with Gasteiger partial charge < -0.3 is 29.8 Å². The minimum Gasteiger partial charge on any atom is -0.493 e. The van der Waals surface area contributed by atoms with Gasteiger partial charge in [-0.05, 0) is 67.1 Å². The SMILES string of the molecule is CC.FC(F)Oc1ccc2c(c1)OCCC2.NC(=O)C1(c2ccc3c(c2)OC(F)(F)O3)CC1.O=C(O)c1ccccc1. The van der Waals surface area contributed by atoms with Crippen molar-refractivity contribution in [1.29, 1.82) is 0 Å². The second-order valence-corrected chi connectivity index (χ2v) is 9.05. The van der Waals surface area contributed by atoms with E-state index in [4.69, 9.17) is 15.6 Å². The summed E-state index contributed by atoms with van der Waals surface area (Å²) in [4.78, 5) is 21.5. The van der Waals surface area contributed by atoms with Crippen LogP contribution in [0.2, 0.25) is 0 Å². The Kier molecular flexibility index (Phi) is 10.6. The Labute approximate surface area is 239 Å². The first-order valence-electron chi connectivity index (χ1n) is 13.2. The van der Waals surface area contributed by atoms with Crippen LogP contribution in [0.5, 0.6) is 23.0 Å². The number of benzene rings is 3. The lowest BCUT2D eigenvalue weighted by Crippen LogP contribution is -2.28. The van der Waals surface area contributed by atoms with Gasteiger partial charge in [0.25, 0.3) is 0 Å². The van der Waals surface area contributed by atoms with E-state index in [1.54, 1.807) is 48.5 Å². The summed E-state index contributed by atoms with van der Waals surface area (Å²) >= 11 is 0. The summed E-state index contributed by atoms with van der Waals surface area (Å²) in [5, 5.41) is 8.38. The molecule has 0 atom stereocenters. The summed E-state index contributed by atoms with van der Waals surface area (Å²) in [5.74, 6) is -0.590. The molecule has 3 N–H and O–H groups in total. The maximum Gasteiger partial charge on any atom is 0.586 e. The molecule has 0 spiro atoms. The molecule has 0 radical (unpaired) electrons. The fourth-order valence-corrected chi connectivity index (χ4v) is 4.13. The lowest BCUT2D eigenvalue weighted by molar-refractivity contribution is -0.286. The number of fused-ring (bicyclic) bond motifs is 2. The van der Waals surface area contributed by atoms with Crippen LogP contribution in [0.3, 0.4) is 0 Å². The van der Waals surface area contributed by atoms with Crippen molar-refractivity contribution in [2.45, 2.75) is 57.9 Å². The molecule has 0 saturated heterocycles. The highest BCUT2D eigenvalue weighted by Gasteiger charge is 2.51. The molecule has 12 heteroatoms. The summed E-state index contributed by atoms with van der Waals surface area (Å²) in [7, 11) is 0. The third-order valence-electron chi connectivity index (χ3n) is 6.31. The molecule has 1 aliphatic carbocycles. The van der Waals surface area contributed by atoms with Gasteiger partial charge in [0.05, 0.1) is 17.6 Å². The number of carbonyl (C=O) groups is 2. The van der Waals surface area contributed by atoms with E-state index in [1.807, 2.05) is 13.8 Å². The number of carboxylic acids is 1. The lowest BCUT2D eigenvalue weighted by atomic mass is 9.95. The molecule has 2 heterocycles. The van der Waals surface area contributed by atoms with Crippen LogP contribution in [0.15, 0.2) is 66.7 Å². The number of alkyl halides is 4. The Hall–Kier alpha value is -4.48. The number of primary amides is 1. The number of hydrogen-bond acceptors (Lipinski definition) is 6. The summed E-state index contributed by atoms with van der Waals surface area (Å²) in [6.07, 6.45) is -0.451. The summed E-state index contributed by atoms with van der Waals surface area (Å²) in [5.41, 5.74) is 6.58. The van der Waals surface area contributed by atoms with E-state index in [1.165, 1.54) is 18.2 Å². The molecule has 42 heavy (non-hydrogen) atoms. The van der Waals surface area contributed by atoms with E-state index in [9.17, 15) is 27.2 Å². The normalized spacial score (nSPS) is 16.0. The van der Waals surface area contributed by atoms with Gasteiger partial charge in [0.2, 0.25) is 5.91 Å². The number of carbonyl (C=O) groups excluding carboxylic acids is 1. The van der Waals surface area contributed by atoms with E-state index in [0.29, 0.717) is 36.3 Å². The molecule has 1 amide bonds. The van der Waals surface area contributed by atoms with Crippen molar-refractivity contribution < 1.29 is 51.2 Å². The topological polar surface area (TPSA) is 117 Å². The number of amides is 1. The van der Waals surface area contributed by atoms with Crippen LogP contribution in [0.25, 0.3) is 0 Å². The van der Waals surface area contributed by atoms with Crippen LogP contribution >= 0.6 is 0 Å². The number of hydrogen-bond donors (Lipinski definition) is 2. The van der Waals surface area contributed by atoms with Gasteiger partial charge in [-0.1, -0.05) is 44.2 Å². The molecule has 3 aliphatic rings. The first-order chi connectivity index (χ1) is 20.0. The Balaban J connectivity index is 0.000000175. The Morgan fingerprint density at radius 1 is 0.929 bits per heavy atom. The molecule has 3 aromatic carbocycles. The van der Waals surface area contributed by atoms with Crippen LogP contribution in [-0.2, 0) is 16.6 Å². The number of nitrogens with two attached hydrogens (primary N) is 1. The van der Waals surface area contributed by atoms with Crippen LogP contribution in [0.1, 0.15) is 54.6 Å². The fraction of sp³-hybridized carbons (Fsp3) is 0.333. The average molecular weight is 594 g/mol. The maximum absolute atomic E-state index is 12.8. The first kappa shape index (κ1) is 32.0. The predicted molar refractivity (Wildman–Crippen MR) is 144 cm³/mol. The van der Waals surface area contributed by atoms with Gasteiger partial charge in [0, 0.05) is 6.07 Å². The van der Waals surface area contributed by atoms with Gasteiger partial charge in [0.15, 0.2) is 11.5 Å². The molecular weight excluding hydrogens is 562 g/mol. The van der Waals surface area contributed by atoms with Crippen molar-refractivity contribution >= 4 is 11.9 Å².